The van der Waals surface area contributed by atoms with E-state index in [1.807, 2.05) is 12.3 Å². The molecule has 2 fully saturated rings. The Bertz CT molecular complexity index is 406. The second-order valence-corrected chi connectivity index (χ2v) is 4.56. The van der Waals surface area contributed by atoms with Crippen molar-refractivity contribution in [3.05, 3.63) is 24.0 Å². The number of methoxy groups -OCH3 is 1. The molecular weight excluding hydrogens is 218 g/mol. The molecule has 1 atom stereocenters. The van der Waals surface area contributed by atoms with Crippen molar-refractivity contribution in [3.8, 4) is 5.75 Å². The molecule has 2 N–H and O–H groups in total. The van der Waals surface area contributed by atoms with Crippen LogP contribution in [0.4, 0.5) is 0 Å². The monoisotopic (exact) mass is 235 g/mol. The van der Waals surface area contributed by atoms with Crippen molar-refractivity contribution in [3.63, 3.8) is 0 Å². The lowest BCUT2D eigenvalue weighted by Gasteiger charge is -2.50. The number of pyridine rings is 1. The van der Waals surface area contributed by atoms with Gasteiger partial charge in [-0.05, 0) is 11.6 Å². The van der Waals surface area contributed by atoms with Gasteiger partial charge in [0.1, 0.15) is 11.4 Å². The van der Waals surface area contributed by atoms with Crippen molar-refractivity contribution >= 4 is 0 Å². The van der Waals surface area contributed by atoms with Crippen molar-refractivity contribution in [2.24, 2.45) is 0 Å². The highest BCUT2D eigenvalue weighted by atomic mass is 16.5. The Morgan fingerprint density at radius 3 is 3.06 bits per heavy atom. The quantitative estimate of drug-likeness (QED) is 0.761. The molecule has 2 aliphatic heterocycles. The van der Waals surface area contributed by atoms with Gasteiger partial charge in [-0.2, -0.15) is 0 Å². The molecule has 0 radical (unpaired) electrons. The summed E-state index contributed by atoms with van der Waals surface area (Å²) in [5, 5.41) is 6.80. The molecule has 5 heteroatoms. The van der Waals surface area contributed by atoms with Crippen molar-refractivity contribution in [1.82, 2.24) is 15.6 Å². The van der Waals surface area contributed by atoms with E-state index in [-0.39, 0.29) is 11.6 Å². The Balaban J connectivity index is 1.90. The second kappa shape index (κ2) is 4.25. The van der Waals surface area contributed by atoms with Gasteiger partial charge in [-0.1, -0.05) is 0 Å². The van der Waals surface area contributed by atoms with Crippen LogP contribution >= 0.6 is 0 Å². The molecule has 1 spiro atoms. The Hall–Kier alpha value is -1.17. The van der Waals surface area contributed by atoms with Gasteiger partial charge in [0.05, 0.1) is 26.0 Å². The molecule has 1 aromatic rings. The molecule has 0 aliphatic carbocycles. The Kier molecular flexibility index (Phi) is 2.74. The number of aromatic nitrogens is 1. The number of hydrogen-bond donors (Lipinski definition) is 2. The lowest BCUT2D eigenvalue weighted by Crippen LogP contribution is -2.69. The predicted octanol–water partition coefficient (Wildman–Crippen LogP) is 0.0931. The van der Waals surface area contributed by atoms with Crippen LogP contribution in [0.25, 0.3) is 0 Å². The summed E-state index contributed by atoms with van der Waals surface area (Å²) in [6.45, 7) is 3.43. The first-order valence-electron chi connectivity index (χ1n) is 5.91. The average Bonchev–Trinajstić information content (AvgIpc) is 2.37. The van der Waals surface area contributed by atoms with Crippen LogP contribution in [0.15, 0.2) is 18.5 Å². The van der Waals surface area contributed by atoms with Crippen LogP contribution in [0.1, 0.15) is 11.6 Å². The number of ether oxygens (including phenoxy) is 2. The van der Waals surface area contributed by atoms with Gasteiger partial charge in [0, 0.05) is 25.8 Å². The highest BCUT2D eigenvalue weighted by Crippen LogP contribution is 2.35. The molecule has 2 aliphatic rings. The zero-order valence-corrected chi connectivity index (χ0v) is 9.90. The molecule has 1 aromatic heterocycles. The summed E-state index contributed by atoms with van der Waals surface area (Å²) in [4.78, 5) is 4.21. The first kappa shape index (κ1) is 11.0. The molecule has 17 heavy (non-hydrogen) atoms. The third-order valence-electron chi connectivity index (χ3n) is 3.52. The van der Waals surface area contributed by atoms with Gasteiger partial charge in [-0.3, -0.25) is 4.98 Å². The van der Waals surface area contributed by atoms with Crippen LogP contribution in [0.5, 0.6) is 5.75 Å². The van der Waals surface area contributed by atoms with Gasteiger partial charge < -0.3 is 20.1 Å². The van der Waals surface area contributed by atoms with Crippen molar-refractivity contribution in [1.29, 1.82) is 0 Å². The summed E-state index contributed by atoms with van der Waals surface area (Å²) in [6, 6.07) is 2.22. The lowest BCUT2D eigenvalue weighted by molar-refractivity contribution is -0.128. The molecule has 92 valence electrons. The molecule has 0 bridgehead atoms. The van der Waals surface area contributed by atoms with Gasteiger partial charge in [0.25, 0.3) is 0 Å². The van der Waals surface area contributed by atoms with E-state index in [0.29, 0.717) is 0 Å². The van der Waals surface area contributed by atoms with E-state index in [0.717, 1.165) is 37.6 Å². The van der Waals surface area contributed by atoms with Crippen molar-refractivity contribution in [2.75, 3.05) is 33.4 Å². The summed E-state index contributed by atoms with van der Waals surface area (Å²) in [5.74, 6) is 0.789. The largest absolute Gasteiger partial charge is 0.495 e. The Labute approximate surface area is 101 Å². The van der Waals surface area contributed by atoms with Crippen LogP contribution in [-0.2, 0) is 4.74 Å². The van der Waals surface area contributed by atoms with Crippen molar-refractivity contribution in [2.45, 2.75) is 11.6 Å². The predicted molar refractivity (Wildman–Crippen MR) is 63.1 cm³/mol. The highest BCUT2D eigenvalue weighted by molar-refractivity contribution is 5.29. The number of nitrogens with zero attached hydrogens (tertiary/aromatic N) is 1. The van der Waals surface area contributed by atoms with Gasteiger partial charge in [-0.25, -0.2) is 0 Å². The molecule has 3 rings (SSSR count). The normalized spacial score (nSPS) is 26.5. The molecule has 1 unspecified atom stereocenters. The maximum atomic E-state index is 5.95. The van der Waals surface area contributed by atoms with Gasteiger partial charge in [0.15, 0.2) is 0 Å². The first-order valence-corrected chi connectivity index (χ1v) is 5.91. The highest BCUT2D eigenvalue weighted by Gasteiger charge is 2.48. The summed E-state index contributed by atoms with van der Waals surface area (Å²) in [7, 11) is 1.66. The number of rotatable bonds is 2. The van der Waals surface area contributed by atoms with E-state index < -0.39 is 0 Å². The fourth-order valence-electron chi connectivity index (χ4n) is 2.53. The minimum absolute atomic E-state index is 0.105. The molecule has 2 saturated heterocycles. The van der Waals surface area contributed by atoms with Crippen LogP contribution in [-0.4, -0.2) is 43.9 Å². The van der Waals surface area contributed by atoms with E-state index in [9.17, 15) is 0 Å². The summed E-state index contributed by atoms with van der Waals surface area (Å²) in [5.41, 5.74) is 1.03. The minimum atomic E-state index is -0.105. The molecule has 5 nitrogen and oxygen atoms in total. The van der Waals surface area contributed by atoms with Gasteiger partial charge >= 0.3 is 0 Å². The molecule has 0 aromatic carbocycles. The maximum absolute atomic E-state index is 5.95. The van der Waals surface area contributed by atoms with Crippen LogP contribution < -0.4 is 15.4 Å². The van der Waals surface area contributed by atoms with Gasteiger partial charge in [-0.15, -0.1) is 0 Å². The van der Waals surface area contributed by atoms with Crippen molar-refractivity contribution < 1.29 is 9.47 Å². The van der Waals surface area contributed by atoms with E-state index in [4.69, 9.17) is 9.47 Å². The van der Waals surface area contributed by atoms with E-state index in [2.05, 4.69) is 15.6 Å². The maximum Gasteiger partial charge on any atom is 0.137 e. The Morgan fingerprint density at radius 1 is 1.47 bits per heavy atom. The summed E-state index contributed by atoms with van der Waals surface area (Å²) >= 11 is 0. The van der Waals surface area contributed by atoms with Gasteiger partial charge in [0.2, 0.25) is 0 Å². The minimum Gasteiger partial charge on any atom is -0.495 e. The standard InChI is InChI=1S/C12H17N3O2/c1-16-10-4-9(5-13-6-10)11-12(7-14-8-12)17-3-2-15-11/h4-6,11,14-15H,2-3,7-8H2,1H3. The van der Waals surface area contributed by atoms with E-state index in [1.165, 1.54) is 0 Å². The third-order valence-corrected chi connectivity index (χ3v) is 3.52. The molecule has 0 amide bonds. The fourth-order valence-corrected chi connectivity index (χ4v) is 2.53. The topological polar surface area (TPSA) is 55.4 Å². The fraction of sp³-hybridized carbons (Fsp3) is 0.583. The number of hydrogen-bond acceptors (Lipinski definition) is 5. The zero-order valence-electron chi connectivity index (χ0n) is 9.90. The first-order chi connectivity index (χ1) is 8.34. The Morgan fingerprint density at radius 2 is 2.35 bits per heavy atom. The van der Waals surface area contributed by atoms with E-state index in [1.54, 1.807) is 13.3 Å². The lowest BCUT2D eigenvalue weighted by atomic mass is 9.83. The SMILES string of the molecule is COc1cncc(C2NCCOC23CNC3)c1. The third kappa shape index (κ3) is 1.80. The zero-order chi connectivity index (χ0) is 11.7. The second-order valence-electron chi connectivity index (χ2n) is 4.56. The van der Waals surface area contributed by atoms with E-state index >= 15 is 0 Å². The average molecular weight is 235 g/mol. The number of morpholine rings is 1. The van der Waals surface area contributed by atoms with Crippen LogP contribution in [0, 0.1) is 0 Å². The summed E-state index contributed by atoms with van der Waals surface area (Å²) < 4.78 is 11.2. The van der Waals surface area contributed by atoms with Crippen LogP contribution in [0.2, 0.25) is 0 Å². The summed E-state index contributed by atoms with van der Waals surface area (Å²) in [6.07, 6.45) is 3.60. The molecular formula is C12H17N3O2. The van der Waals surface area contributed by atoms with Crippen LogP contribution in [0.3, 0.4) is 0 Å². The molecule has 0 saturated carbocycles. The number of nitrogens with one attached hydrogen (secondary N) is 2. The molecule has 3 heterocycles. The smallest absolute Gasteiger partial charge is 0.137 e.